The van der Waals surface area contributed by atoms with Gasteiger partial charge in [0.05, 0.1) is 19.8 Å². The molecule has 0 unspecified atom stereocenters. The molecule has 1 aromatic carbocycles. The van der Waals surface area contributed by atoms with Crippen LogP contribution in [0.25, 0.3) is 0 Å². The first-order valence-corrected chi connectivity index (χ1v) is 4.63. The highest BCUT2D eigenvalue weighted by atomic mass is 16.6. The zero-order valence-electron chi connectivity index (χ0n) is 7.82. The van der Waals surface area contributed by atoms with Gasteiger partial charge >= 0.3 is 0 Å². The molecule has 1 saturated heterocycles. The molecule has 0 aromatic heterocycles. The third-order valence-electron chi connectivity index (χ3n) is 2.32. The highest BCUT2D eigenvalue weighted by molar-refractivity contribution is 5.27. The molecule has 2 nitrogen and oxygen atoms in total. The summed E-state index contributed by atoms with van der Waals surface area (Å²) in [5.41, 5.74) is 1.36. The van der Waals surface area contributed by atoms with Gasteiger partial charge in [0, 0.05) is 0 Å². The first kappa shape index (κ1) is 8.57. The van der Waals surface area contributed by atoms with Crippen LogP contribution >= 0.6 is 0 Å². The SMILES string of the molecule is COc1ccc(CC[C@H]2CO2)cc1. The van der Waals surface area contributed by atoms with Gasteiger partial charge in [-0.05, 0) is 30.5 Å². The highest BCUT2D eigenvalue weighted by Crippen LogP contribution is 2.18. The minimum atomic E-state index is 0.530. The standard InChI is InChI=1S/C11H14O2/c1-12-10-5-2-9(3-6-10)4-7-11-8-13-11/h2-3,5-6,11H,4,7-8H2,1H3/t11-/m0/s1. The monoisotopic (exact) mass is 178 g/mol. The Morgan fingerprint density at radius 3 is 2.62 bits per heavy atom. The van der Waals surface area contributed by atoms with Gasteiger partial charge in [-0.1, -0.05) is 12.1 Å². The van der Waals surface area contributed by atoms with E-state index in [1.807, 2.05) is 12.1 Å². The Morgan fingerprint density at radius 1 is 1.38 bits per heavy atom. The topological polar surface area (TPSA) is 21.8 Å². The maximum Gasteiger partial charge on any atom is 0.118 e. The summed E-state index contributed by atoms with van der Waals surface area (Å²) in [5, 5.41) is 0. The lowest BCUT2D eigenvalue weighted by molar-refractivity contribution is 0.396. The van der Waals surface area contributed by atoms with E-state index in [1.165, 1.54) is 5.56 Å². The number of rotatable bonds is 4. The highest BCUT2D eigenvalue weighted by Gasteiger charge is 2.21. The third-order valence-corrected chi connectivity index (χ3v) is 2.32. The quantitative estimate of drug-likeness (QED) is 0.658. The Balaban J connectivity index is 1.88. The molecule has 0 radical (unpaired) electrons. The molecule has 0 spiro atoms. The van der Waals surface area contributed by atoms with Gasteiger partial charge in [-0.15, -0.1) is 0 Å². The van der Waals surface area contributed by atoms with E-state index in [0.29, 0.717) is 6.10 Å². The predicted molar refractivity (Wildman–Crippen MR) is 51.1 cm³/mol. The summed E-state index contributed by atoms with van der Waals surface area (Å²) >= 11 is 0. The van der Waals surface area contributed by atoms with Crippen molar-refractivity contribution in [2.75, 3.05) is 13.7 Å². The average Bonchev–Trinajstić information content (AvgIpc) is 2.99. The second kappa shape index (κ2) is 3.79. The number of aryl methyl sites for hydroxylation is 1. The summed E-state index contributed by atoms with van der Waals surface area (Å²) in [5.74, 6) is 0.923. The van der Waals surface area contributed by atoms with Crippen molar-refractivity contribution in [1.82, 2.24) is 0 Å². The molecule has 0 bridgehead atoms. The molecule has 1 atom stereocenters. The molecule has 0 N–H and O–H groups in total. The summed E-state index contributed by atoms with van der Waals surface area (Å²) in [7, 11) is 1.69. The Kier molecular flexibility index (Phi) is 2.50. The van der Waals surface area contributed by atoms with Crippen LogP contribution in [0.5, 0.6) is 5.75 Å². The van der Waals surface area contributed by atoms with E-state index in [9.17, 15) is 0 Å². The van der Waals surface area contributed by atoms with Crippen molar-refractivity contribution >= 4 is 0 Å². The van der Waals surface area contributed by atoms with Gasteiger partial charge in [0.1, 0.15) is 5.75 Å². The van der Waals surface area contributed by atoms with Crippen molar-refractivity contribution in [3.05, 3.63) is 29.8 Å². The molecular weight excluding hydrogens is 164 g/mol. The van der Waals surface area contributed by atoms with Crippen LogP contribution in [0.15, 0.2) is 24.3 Å². The number of hydrogen-bond donors (Lipinski definition) is 0. The first-order valence-electron chi connectivity index (χ1n) is 4.63. The summed E-state index contributed by atoms with van der Waals surface area (Å²) in [4.78, 5) is 0. The number of methoxy groups -OCH3 is 1. The van der Waals surface area contributed by atoms with Gasteiger partial charge in [0.15, 0.2) is 0 Å². The molecule has 2 rings (SSSR count). The lowest BCUT2D eigenvalue weighted by Gasteiger charge is -2.01. The van der Waals surface area contributed by atoms with Crippen LogP contribution in [0.3, 0.4) is 0 Å². The van der Waals surface area contributed by atoms with Crippen LogP contribution in [0.1, 0.15) is 12.0 Å². The molecule has 1 aromatic rings. The fraction of sp³-hybridized carbons (Fsp3) is 0.455. The molecular formula is C11H14O2. The van der Waals surface area contributed by atoms with Crippen LogP contribution in [0.4, 0.5) is 0 Å². The zero-order valence-corrected chi connectivity index (χ0v) is 7.82. The van der Waals surface area contributed by atoms with Gasteiger partial charge in [0.25, 0.3) is 0 Å². The van der Waals surface area contributed by atoms with E-state index in [1.54, 1.807) is 7.11 Å². The van der Waals surface area contributed by atoms with Crippen molar-refractivity contribution in [2.24, 2.45) is 0 Å². The molecule has 2 heteroatoms. The van der Waals surface area contributed by atoms with Crippen LogP contribution in [0, 0.1) is 0 Å². The summed E-state index contributed by atoms with van der Waals surface area (Å²) < 4.78 is 10.2. The smallest absolute Gasteiger partial charge is 0.118 e. The van der Waals surface area contributed by atoms with Crippen molar-refractivity contribution in [1.29, 1.82) is 0 Å². The second-order valence-electron chi connectivity index (χ2n) is 3.34. The Morgan fingerprint density at radius 2 is 2.08 bits per heavy atom. The largest absolute Gasteiger partial charge is 0.497 e. The molecule has 1 aliphatic rings. The Labute approximate surface area is 78.5 Å². The number of epoxide rings is 1. The second-order valence-corrected chi connectivity index (χ2v) is 3.34. The molecule has 1 heterocycles. The lowest BCUT2D eigenvalue weighted by atomic mass is 10.1. The number of ether oxygens (including phenoxy) is 2. The molecule has 0 amide bonds. The maximum absolute atomic E-state index is 5.15. The Bertz CT molecular complexity index is 262. The van der Waals surface area contributed by atoms with Crippen molar-refractivity contribution < 1.29 is 9.47 Å². The van der Waals surface area contributed by atoms with E-state index in [-0.39, 0.29) is 0 Å². The van der Waals surface area contributed by atoms with E-state index in [4.69, 9.17) is 9.47 Å². The Hall–Kier alpha value is -1.02. The minimum Gasteiger partial charge on any atom is -0.497 e. The van der Waals surface area contributed by atoms with Crippen LogP contribution < -0.4 is 4.74 Å². The van der Waals surface area contributed by atoms with Crippen molar-refractivity contribution in [2.45, 2.75) is 18.9 Å². The average molecular weight is 178 g/mol. The van der Waals surface area contributed by atoms with Gasteiger partial charge in [0.2, 0.25) is 0 Å². The van der Waals surface area contributed by atoms with Gasteiger partial charge in [-0.25, -0.2) is 0 Å². The molecule has 0 saturated carbocycles. The summed E-state index contributed by atoms with van der Waals surface area (Å²) in [6.07, 6.45) is 2.78. The normalized spacial score (nSPS) is 19.9. The van der Waals surface area contributed by atoms with Crippen molar-refractivity contribution in [3.8, 4) is 5.75 Å². The fourth-order valence-electron chi connectivity index (χ4n) is 1.35. The fourth-order valence-corrected chi connectivity index (χ4v) is 1.35. The lowest BCUT2D eigenvalue weighted by Crippen LogP contribution is -1.91. The van der Waals surface area contributed by atoms with Crippen LogP contribution in [-0.4, -0.2) is 19.8 Å². The van der Waals surface area contributed by atoms with Gasteiger partial charge < -0.3 is 9.47 Å². The van der Waals surface area contributed by atoms with Gasteiger partial charge in [-0.2, -0.15) is 0 Å². The first-order chi connectivity index (χ1) is 6.38. The number of hydrogen-bond acceptors (Lipinski definition) is 2. The molecule has 0 aliphatic carbocycles. The van der Waals surface area contributed by atoms with E-state index in [2.05, 4.69) is 12.1 Å². The molecule has 1 fully saturated rings. The maximum atomic E-state index is 5.15. The van der Waals surface area contributed by atoms with E-state index >= 15 is 0 Å². The van der Waals surface area contributed by atoms with Crippen LogP contribution in [0.2, 0.25) is 0 Å². The van der Waals surface area contributed by atoms with Gasteiger partial charge in [-0.3, -0.25) is 0 Å². The predicted octanol–water partition coefficient (Wildman–Crippen LogP) is 2.03. The minimum absolute atomic E-state index is 0.530. The molecule has 13 heavy (non-hydrogen) atoms. The number of benzene rings is 1. The molecule has 1 aliphatic heterocycles. The van der Waals surface area contributed by atoms with Crippen LogP contribution in [-0.2, 0) is 11.2 Å². The molecule has 70 valence electrons. The zero-order chi connectivity index (χ0) is 9.10. The summed E-state index contributed by atoms with van der Waals surface area (Å²) in [6, 6.07) is 8.23. The third kappa shape index (κ3) is 2.46. The van der Waals surface area contributed by atoms with E-state index in [0.717, 1.165) is 25.2 Å². The van der Waals surface area contributed by atoms with E-state index < -0.39 is 0 Å². The summed E-state index contributed by atoms with van der Waals surface area (Å²) in [6.45, 7) is 0.955. The van der Waals surface area contributed by atoms with Crippen molar-refractivity contribution in [3.63, 3.8) is 0 Å².